The van der Waals surface area contributed by atoms with Gasteiger partial charge in [-0.15, -0.1) is 0 Å². The van der Waals surface area contributed by atoms with Crippen molar-refractivity contribution in [2.75, 3.05) is 0 Å². The molecule has 4 heteroatoms. The molecule has 1 aromatic rings. The lowest BCUT2D eigenvalue weighted by atomic mass is 9.99. The molecule has 1 aliphatic carbocycles. The summed E-state index contributed by atoms with van der Waals surface area (Å²) in [5.41, 5.74) is 1.17. The summed E-state index contributed by atoms with van der Waals surface area (Å²) in [6.45, 7) is 0.677. The largest absolute Gasteiger partial charge is 0.322 e. The summed E-state index contributed by atoms with van der Waals surface area (Å²) in [6.07, 6.45) is 3.34. The number of nitrogens with zero attached hydrogens (tertiary/aromatic N) is 1. The van der Waals surface area contributed by atoms with Crippen molar-refractivity contribution in [2.24, 2.45) is 5.92 Å². The van der Waals surface area contributed by atoms with Crippen LogP contribution >= 0.6 is 12.2 Å². The highest BCUT2D eigenvalue weighted by Crippen LogP contribution is 2.34. The van der Waals surface area contributed by atoms with Gasteiger partial charge in [0.2, 0.25) is 0 Å². The number of rotatable bonds is 2. The first-order chi connectivity index (χ1) is 8.75. The molecule has 1 heterocycles. The molecule has 18 heavy (non-hydrogen) atoms. The Morgan fingerprint density at radius 1 is 1.28 bits per heavy atom. The highest BCUT2D eigenvalue weighted by molar-refractivity contribution is 7.80. The minimum atomic E-state index is -0.0352. The zero-order valence-corrected chi connectivity index (χ0v) is 11.0. The van der Waals surface area contributed by atoms with Crippen LogP contribution in [0, 0.1) is 5.92 Å². The van der Waals surface area contributed by atoms with Crippen molar-refractivity contribution in [2.45, 2.75) is 31.8 Å². The fourth-order valence-electron chi connectivity index (χ4n) is 3.01. The van der Waals surface area contributed by atoms with Crippen LogP contribution in [-0.4, -0.2) is 22.0 Å². The maximum Gasteiger partial charge on any atom is 0.322 e. The summed E-state index contributed by atoms with van der Waals surface area (Å²) in [7, 11) is 0. The number of nitrogens with one attached hydrogen (secondary N) is 1. The predicted octanol–water partition coefficient (Wildman–Crippen LogP) is 2.71. The fraction of sp³-hybridized carbons (Fsp3) is 0.429. The molecule has 1 aromatic carbocycles. The maximum absolute atomic E-state index is 12.1. The van der Waals surface area contributed by atoms with Crippen LogP contribution in [0.1, 0.15) is 24.8 Å². The molecule has 0 aromatic heterocycles. The molecule has 0 spiro atoms. The first-order valence-electron chi connectivity index (χ1n) is 6.41. The van der Waals surface area contributed by atoms with Crippen LogP contribution in [0.25, 0.3) is 0 Å². The lowest BCUT2D eigenvalue weighted by Crippen LogP contribution is -2.57. The maximum atomic E-state index is 12.1. The van der Waals surface area contributed by atoms with E-state index in [1.54, 1.807) is 0 Å². The van der Waals surface area contributed by atoms with E-state index in [4.69, 9.17) is 12.2 Å². The van der Waals surface area contributed by atoms with Crippen molar-refractivity contribution >= 4 is 23.2 Å². The zero-order valence-electron chi connectivity index (χ0n) is 10.1. The van der Waals surface area contributed by atoms with E-state index in [-0.39, 0.29) is 6.03 Å². The second-order valence-corrected chi connectivity index (χ2v) is 5.45. The monoisotopic (exact) mass is 260 g/mol. The Kier molecular flexibility index (Phi) is 3.04. The molecule has 1 saturated carbocycles. The van der Waals surface area contributed by atoms with E-state index in [0.29, 0.717) is 18.5 Å². The van der Waals surface area contributed by atoms with Gasteiger partial charge in [-0.3, -0.25) is 0 Å². The van der Waals surface area contributed by atoms with E-state index in [2.05, 4.69) is 17.4 Å². The van der Waals surface area contributed by atoms with Crippen LogP contribution in [0.15, 0.2) is 30.3 Å². The Hall–Kier alpha value is -1.42. The predicted molar refractivity (Wildman–Crippen MR) is 74.2 cm³/mol. The Morgan fingerprint density at radius 2 is 2.06 bits per heavy atom. The highest BCUT2D eigenvalue weighted by Gasteiger charge is 2.41. The molecule has 0 bridgehead atoms. The minimum absolute atomic E-state index is 0.0352. The lowest BCUT2D eigenvalue weighted by molar-refractivity contribution is 0.159. The molecule has 1 aliphatic heterocycles. The van der Waals surface area contributed by atoms with E-state index in [9.17, 15) is 4.79 Å². The molecule has 2 amide bonds. The standard InChI is InChI=1S/C14H16N2OS/c17-14-15-13(18)11-7-4-8-12(11)16(14)9-10-5-2-1-3-6-10/h1-3,5-6,11-12H,4,7-9H2,(H,15,17,18). The Bertz CT molecular complexity index is 474. The lowest BCUT2D eigenvalue weighted by Gasteiger charge is -2.38. The third-order valence-electron chi connectivity index (χ3n) is 3.90. The van der Waals surface area contributed by atoms with Gasteiger partial charge in [0.25, 0.3) is 0 Å². The van der Waals surface area contributed by atoms with Gasteiger partial charge in [0, 0.05) is 18.5 Å². The molecule has 2 unspecified atom stereocenters. The van der Waals surface area contributed by atoms with Crippen LogP contribution in [0.2, 0.25) is 0 Å². The zero-order chi connectivity index (χ0) is 12.5. The molecular weight excluding hydrogens is 244 g/mol. The van der Waals surface area contributed by atoms with Crippen LogP contribution in [0.5, 0.6) is 0 Å². The summed E-state index contributed by atoms with van der Waals surface area (Å²) in [4.78, 5) is 14.8. The van der Waals surface area contributed by atoms with Gasteiger partial charge in [-0.25, -0.2) is 4.79 Å². The van der Waals surface area contributed by atoms with Gasteiger partial charge >= 0.3 is 6.03 Å². The van der Waals surface area contributed by atoms with Gasteiger partial charge in [-0.05, 0) is 18.4 Å². The third-order valence-corrected chi connectivity index (χ3v) is 4.31. The van der Waals surface area contributed by atoms with Crippen LogP contribution in [0.3, 0.4) is 0 Å². The van der Waals surface area contributed by atoms with Gasteiger partial charge in [0.1, 0.15) is 0 Å². The molecule has 3 rings (SSSR count). The van der Waals surface area contributed by atoms with E-state index >= 15 is 0 Å². The van der Waals surface area contributed by atoms with Gasteiger partial charge in [-0.1, -0.05) is 49.0 Å². The normalized spacial score (nSPS) is 27.0. The summed E-state index contributed by atoms with van der Waals surface area (Å²) in [6, 6.07) is 10.4. The molecule has 1 saturated heterocycles. The number of benzene rings is 1. The SMILES string of the molecule is O=C1NC(=S)C2CCCC2N1Cc1ccccc1. The van der Waals surface area contributed by atoms with Gasteiger partial charge in [-0.2, -0.15) is 0 Å². The summed E-state index contributed by atoms with van der Waals surface area (Å²) in [5, 5.41) is 2.84. The van der Waals surface area contributed by atoms with Gasteiger partial charge < -0.3 is 10.2 Å². The summed E-state index contributed by atoms with van der Waals surface area (Å²) >= 11 is 5.28. The Labute approximate surface area is 112 Å². The number of hydrogen-bond donors (Lipinski definition) is 1. The second-order valence-electron chi connectivity index (χ2n) is 5.01. The molecule has 1 N–H and O–H groups in total. The number of hydrogen-bond acceptors (Lipinski definition) is 2. The van der Waals surface area contributed by atoms with Crippen molar-refractivity contribution in [1.29, 1.82) is 0 Å². The van der Waals surface area contributed by atoms with E-state index in [0.717, 1.165) is 24.3 Å². The Balaban J connectivity index is 1.82. The Morgan fingerprint density at radius 3 is 2.83 bits per heavy atom. The van der Waals surface area contributed by atoms with E-state index in [1.807, 2.05) is 23.1 Å². The number of fused-ring (bicyclic) bond motifs is 1. The summed E-state index contributed by atoms with van der Waals surface area (Å²) in [5.74, 6) is 0.362. The van der Waals surface area contributed by atoms with Crippen LogP contribution in [-0.2, 0) is 6.54 Å². The molecule has 2 aliphatic rings. The molecule has 3 nitrogen and oxygen atoms in total. The number of amides is 2. The van der Waals surface area contributed by atoms with Crippen molar-refractivity contribution in [1.82, 2.24) is 10.2 Å². The fourth-order valence-corrected chi connectivity index (χ4v) is 3.37. The number of urea groups is 1. The van der Waals surface area contributed by atoms with Crippen molar-refractivity contribution in [3.63, 3.8) is 0 Å². The van der Waals surface area contributed by atoms with Crippen LogP contribution < -0.4 is 5.32 Å². The number of thiocarbonyl (C=S) groups is 1. The average molecular weight is 260 g/mol. The average Bonchev–Trinajstić information content (AvgIpc) is 2.85. The van der Waals surface area contributed by atoms with Gasteiger partial charge in [0.05, 0.1) is 4.99 Å². The minimum Gasteiger partial charge on any atom is -0.317 e. The van der Waals surface area contributed by atoms with Gasteiger partial charge in [0.15, 0.2) is 0 Å². The third kappa shape index (κ3) is 2.01. The molecule has 2 fully saturated rings. The molecule has 94 valence electrons. The molecule has 0 radical (unpaired) electrons. The number of carbonyl (C=O) groups excluding carboxylic acids is 1. The number of carbonyl (C=O) groups is 1. The van der Waals surface area contributed by atoms with Crippen molar-refractivity contribution in [3.05, 3.63) is 35.9 Å². The topological polar surface area (TPSA) is 32.3 Å². The van der Waals surface area contributed by atoms with E-state index in [1.165, 1.54) is 5.56 Å². The van der Waals surface area contributed by atoms with Crippen molar-refractivity contribution in [3.8, 4) is 0 Å². The quantitative estimate of drug-likeness (QED) is 0.829. The first-order valence-corrected chi connectivity index (χ1v) is 6.82. The van der Waals surface area contributed by atoms with Crippen LogP contribution in [0.4, 0.5) is 4.79 Å². The van der Waals surface area contributed by atoms with E-state index < -0.39 is 0 Å². The first kappa shape index (κ1) is 11.7. The second kappa shape index (κ2) is 4.69. The van der Waals surface area contributed by atoms with Crippen molar-refractivity contribution < 1.29 is 4.79 Å². The highest BCUT2D eigenvalue weighted by atomic mass is 32.1. The molecule has 2 atom stereocenters. The summed E-state index contributed by atoms with van der Waals surface area (Å²) < 4.78 is 0. The molecular formula is C14H16N2OS. The smallest absolute Gasteiger partial charge is 0.317 e.